The van der Waals surface area contributed by atoms with Gasteiger partial charge in [-0.25, -0.2) is 4.79 Å². The van der Waals surface area contributed by atoms with Gasteiger partial charge in [-0.3, -0.25) is 4.79 Å². The Morgan fingerprint density at radius 3 is 2.74 bits per heavy atom. The molecule has 4 aliphatic rings. The number of ether oxygens (including phenoxy) is 1. The molecule has 7 nitrogen and oxygen atoms in total. The Morgan fingerprint density at radius 1 is 1.30 bits per heavy atom. The third-order valence-corrected chi connectivity index (χ3v) is 5.78. The zero-order chi connectivity index (χ0) is 19.2. The SMILES string of the molecule is CC(C)(C)OC(=O)N1CCC(CN2CC3C=CC=C4NCC(C2=O)N43)CC1. The molecule has 0 bridgehead atoms. The molecule has 4 rings (SSSR count). The molecule has 3 saturated heterocycles. The van der Waals surface area contributed by atoms with Crippen LogP contribution >= 0.6 is 0 Å². The van der Waals surface area contributed by atoms with Gasteiger partial charge < -0.3 is 24.8 Å². The second-order valence-electron chi connectivity index (χ2n) is 8.96. The maximum atomic E-state index is 12.9. The van der Waals surface area contributed by atoms with Crippen LogP contribution in [0, 0.1) is 5.92 Å². The molecule has 2 atom stereocenters. The zero-order valence-corrected chi connectivity index (χ0v) is 16.5. The van der Waals surface area contributed by atoms with Gasteiger partial charge in [0, 0.05) is 32.7 Å². The second-order valence-corrected chi connectivity index (χ2v) is 8.96. The monoisotopic (exact) mass is 374 g/mol. The van der Waals surface area contributed by atoms with Crippen LogP contribution in [0.25, 0.3) is 0 Å². The van der Waals surface area contributed by atoms with Crippen molar-refractivity contribution in [3.63, 3.8) is 0 Å². The van der Waals surface area contributed by atoms with Gasteiger partial charge in [0.05, 0.1) is 6.04 Å². The Kier molecular flexibility index (Phi) is 4.56. The summed E-state index contributed by atoms with van der Waals surface area (Å²) in [5.74, 6) is 1.74. The van der Waals surface area contributed by atoms with Crippen LogP contribution in [0.1, 0.15) is 33.6 Å². The van der Waals surface area contributed by atoms with Crippen molar-refractivity contribution in [3.05, 3.63) is 24.0 Å². The highest BCUT2D eigenvalue weighted by atomic mass is 16.6. The normalized spacial score (nSPS) is 28.0. The topological polar surface area (TPSA) is 65.1 Å². The lowest BCUT2D eigenvalue weighted by molar-refractivity contribution is -0.141. The van der Waals surface area contributed by atoms with Gasteiger partial charge in [-0.05, 0) is 45.6 Å². The van der Waals surface area contributed by atoms with Crippen molar-refractivity contribution in [1.82, 2.24) is 20.0 Å². The third kappa shape index (κ3) is 3.64. The molecular formula is C20H30N4O3. The van der Waals surface area contributed by atoms with E-state index < -0.39 is 5.60 Å². The van der Waals surface area contributed by atoms with Crippen molar-refractivity contribution in [2.24, 2.45) is 5.92 Å². The number of nitrogens with zero attached hydrogens (tertiary/aromatic N) is 3. The molecular weight excluding hydrogens is 344 g/mol. The molecule has 0 aliphatic carbocycles. The van der Waals surface area contributed by atoms with Gasteiger partial charge in [-0.1, -0.05) is 12.2 Å². The largest absolute Gasteiger partial charge is 0.444 e. The first-order valence-electron chi connectivity index (χ1n) is 9.99. The van der Waals surface area contributed by atoms with Crippen LogP contribution in [0.3, 0.4) is 0 Å². The summed E-state index contributed by atoms with van der Waals surface area (Å²) in [6.07, 6.45) is 7.93. The minimum atomic E-state index is -0.462. The van der Waals surface area contributed by atoms with Crippen LogP contribution in [0.4, 0.5) is 4.79 Å². The zero-order valence-electron chi connectivity index (χ0n) is 16.5. The molecule has 3 fully saturated rings. The average molecular weight is 374 g/mol. The highest BCUT2D eigenvalue weighted by Crippen LogP contribution is 2.30. The van der Waals surface area contributed by atoms with Crippen LogP contribution < -0.4 is 5.32 Å². The lowest BCUT2D eigenvalue weighted by Gasteiger charge is -2.45. The number of amides is 2. The van der Waals surface area contributed by atoms with E-state index in [9.17, 15) is 9.59 Å². The molecule has 0 saturated carbocycles. The molecule has 4 heterocycles. The number of nitrogens with one attached hydrogen (secondary N) is 1. The molecule has 27 heavy (non-hydrogen) atoms. The minimum absolute atomic E-state index is 0.0817. The summed E-state index contributed by atoms with van der Waals surface area (Å²) in [4.78, 5) is 31.2. The predicted octanol–water partition coefficient (Wildman–Crippen LogP) is 1.53. The number of carbonyl (C=O) groups excluding carboxylic acids is 2. The number of piperazine rings is 1. The fourth-order valence-corrected chi connectivity index (χ4v) is 4.46. The molecule has 0 radical (unpaired) electrons. The van der Waals surface area contributed by atoms with Crippen molar-refractivity contribution in [2.75, 3.05) is 32.7 Å². The quantitative estimate of drug-likeness (QED) is 0.794. The number of carbonyl (C=O) groups is 2. The number of likely N-dealkylation sites (tertiary alicyclic amines) is 1. The Balaban J connectivity index is 1.32. The summed E-state index contributed by atoms with van der Waals surface area (Å²) in [7, 11) is 0. The van der Waals surface area contributed by atoms with E-state index in [0.717, 1.165) is 31.8 Å². The summed E-state index contributed by atoms with van der Waals surface area (Å²) >= 11 is 0. The predicted molar refractivity (Wildman–Crippen MR) is 102 cm³/mol. The first kappa shape index (κ1) is 18.2. The third-order valence-electron chi connectivity index (χ3n) is 5.78. The molecule has 2 unspecified atom stereocenters. The minimum Gasteiger partial charge on any atom is -0.444 e. The van der Waals surface area contributed by atoms with E-state index in [1.807, 2.05) is 31.7 Å². The van der Waals surface area contributed by atoms with Gasteiger partial charge in [0.25, 0.3) is 0 Å². The van der Waals surface area contributed by atoms with Crippen molar-refractivity contribution < 1.29 is 14.3 Å². The lowest BCUT2D eigenvalue weighted by atomic mass is 9.94. The van der Waals surface area contributed by atoms with Crippen molar-refractivity contribution in [2.45, 2.75) is 51.3 Å². The van der Waals surface area contributed by atoms with E-state index >= 15 is 0 Å². The van der Waals surface area contributed by atoms with Gasteiger partial charge in [0.15, 0.2) is 0 Å². The molecule has 148 valence electrons. The van der Waals surface area contributed by atoms with E-state index in [0.29, 0.717) is 25.6 Å². The van der Waals surface area contributed by atoms with E-state index in [1.54, 1.807) is 4.90 Å². The van der Waals surface area contributed by atoms with Gasteiger partial charge in [0.2, 0.25) is 5.91 Å². The number of rotatable bonds is 2. The summed E-state index contributed by atoms with van der Waals surface area (Å²) < 4.78 is 5.47. The molecule has 0 aromatic heterocycles. The standard InChI is InChI=1S/C20H30N4O3/c1-20(2,3)27-19(26)22-9-7-14(8-10-22)12-23-13-15-5-4-6-17-21-11-16(18(23)25)24(15)17/h4-6,14-16,21H,7-13H2,1-3H3. The molecule has 1 N–H and O–H groups in total. The van der Waals surface area contributed by atoms with Gasteiger partial charge in [-0.2, -0.15) is 0 Å². The molecule has 7 heteroatoms. The first-order valence-corrected chi connectivity index (χ1v) is 9.99. The summed E-state index contributed by atoms with van der Waals surface area (Å²) in [6, 6.07) is 0.186. The number of allylic oxidation sites excluding steroid dienone is 2. The number of hydrogen-bond donors (Lipinski definition) is 1. The average Bonchev–Trinajstić information content (AvgIpc) is 3.04. The highest BCUT2D eigenvalue weighted by molar-refractivity contribution is 5.84. The van der Waals surface area contributed by atoms with Crippen LogP contribution in [0.15, 0.2) is 24.0 Å². The fourth-order valence-electron chi connectivity index (χ4n) is 4.46. The van der Waals surface area contributed by atoms with Crippen LogP contribution in [0.5, 0.6) is 0 Å². The molecule has 2 amide bonds. The number of hydrogen-bond acceptors (Lipinski definition) is 5. The molecule has 0 aromatic rings. The summed E-state index contributed by atoms with van der Waals surface area (Å²) in [6.45, 7) is 9.30. The lowest BCUT2D eigenvalue weighted by Crippen LogP contribution is -2.60. The van der Waals surface area contributed by atoms with E-state index in [2.05, 4.69) is 22.4 Å². The van der Waals surface area contributed by atoms with Crippen LogP contribution in [-0.2, 0) is 9.53 Å². The van der Waals surface area contributed by atoms with E-state index in [1.165, 1.54) is 0 Å². The highest BCUT2D eigenvalue weighted by Gasteiger charge is 2.45. The molecule has 4 aliphatic heterocycles. The first-order chi connectivity index (χ1) is 12.8. The van der Waals surface area contributed by atoms with E-state index in [-0.39, 0.29) is 24.1 Å². The second kappa shape index (κ2) is 6.77. The summed E-state index contributed by atoms with van der Waals surface area (Å²) in [5, 5.41) is 3.35. The van der Waals surface area contributed by atoms with E-state index in [4.69, 9.17) is 4.74 Å². The Labute approximate surface area is 161 Å². The van der Waals surface area contributed by atoms with Gasteiger partial charge in [0.1, 0.15) is 17.5 Å². The maximum absolute atomic E-state index is 12.9. The maximum Gasteiger partial charge on any atom is 0.410 e. The van der Waals surface area contributed by atoms with Gasteiger partial charge >= 0.3 is 6.09 Å². The van der Waals surface area contributed by atoms with Crippen LogP contribution in [-0.4, -0.2) is 77.1 Å². The summed E-state index contributed by atoms with van der Waals surface area (Å²) in [5.41, 5.74) is -0.462. The van der Waals surface area contributed by atoms with Gasteiger partial charge in [-0.15, -0.1) is 0 Å². The Hall–Kier alpha value is -2.18. The van der Waals surface area contributed by atoms with Crippen molar-refractivity contribution in [1.29, 1.82) is 0 Å². The fraction of sp³-hybridized carbons (Fsp3) is 0.700. The smallest absolute Gasteiger partial charge is 0.410 e. The Bertz CT molecular complexity index is 673. The molecule has 0 spiro atoms. The Morgan fingerprint density at radius 2 is 2.04 bits per heavy atom. The molecule has 0 aromatic carbocycles. The van der Waals surface area contributed by atoms with Crippen molar-refractivity contribution in [3.8, 4) is 0 Å². The number of piperidine rings is 1. The van der Waals surface area contributed by atoms with Crippen molar-refractivity contribution >= 4 is 12.0 Å². The van der Waals surface area contributed by atoms with Crippen LogP contribution in [0.2, 0.25) is 0 Å².